The Bertz CT molecular complexity index is 1790. The van der Waals surface area contributed by atoms with E-state index in [0.717, 1.165) is 38.8 Å². The lowest BCUT2D eigenvalue weighted by atomic mass is 10.0. The van der Waals surface area contributed by atoms with Crippen molar-refractivity contribution in [1.82, 2.24) is 4.57 Å². The molecule has 0 radical (unpaired) electrons. The minimum atomic E-state index is 0.695. The molecule has 0 fully saturated rings. The minimum Gasteiger partial charge on any atom is -0.455 e. The van der Waals surface area contributed by atoms with Crippen molar-refractivity contribution >= 4 is 55.3 Å². The van der Waals surface area contributed by atoms with Crippen LogP contribution in [0.1, 0.15) is 0 Å². The molecule has 0 saturated carbocycles. The number of benzene rings is 5. The van der Waals surface area contributed by atoms with E-state index in [1.807, 2.05) is 30.3 Å². The van der Waals surface area contributed by atoms with E-state index in [0.29, 0.717) is 5.02 Å². The summed E-state index contributed by atoms with van der Waals surface area (Å²) in [5.74, 6) is 0. The number of halogens is 1. The van der Waals surface area contributed by atoms with Gasteiger partial charge in [0.15, 0.2) is 0 Å². The summed E-state index contributed by atoms with van der Waals surface area (Å²) in [7, 11) is 0. The van der Waals surface area contributed by atoms with Crippen LogP contribution in [0.15, 0.2) is 114 Å². The normalized spacial score (nSPS) is 11.8. The molecule has 0 aliphatic heterocycles. The molecule has 0 bridgehead atoms. The molecule has 7 aromatic rings. The van der Waals surface area contributed by atoms with Gasteiger partial charge in [-0.15, -0.1) is 0 Å². The Labute approximate surface area is 195 Å². The van der Waals surface area contributed by atoms with Gasteiger partial charge < -0.3 is 8.98 Å². The molecule has 2 aromatic heterocycles. The van der Waals surface area contributed by atoms with Gasteiger partial charge in [0.05, 0.1) is 16.7 Å². The van der Waals surface area contributed by atoms with Crippen molar-refractivity contribution < 1.29 is 4.42 Å². The van der Waals surface area contributed by atoms with E-state index in [1.54, 1.807) is 0 Å². The maximum absolute atomic E-state index is 6.65. The zero-order valence-corrected chi connectivity index (χ0v) is 18.4. The number of hydrogen-bond donors (Lipinski definition) is 0. The summed E-state index contributed by atoms with van der Waals surface area (Å²) in [6.07, 6.45) is 0. The van der Waals surface area contributed by atoms with Gasteiger partial charge in [0.1, 0.15) is 11.2 Å². The molecule has 0 saturated heterocycles. The van der Waals surface area contributed by atoms with Crippen molar-refractivity contribution in [2.45, 2.75) is 0 Å². The topological polar surface area (TPSA) is 18.1 Å². The fraction of sp³-hybridized carbons (Fsp3) is 0. The van der Waals surface area contributed by atoms with Crippen LogP contribution in [-0.4, -0.2) is 4.57 Å². The Balaban J connectivity index is 1.61. The third kappa shape index (κ3) is 2.68. The van der Waals surface area contributed by atoms with Gasteiger partial charge in [0.2, 0.25) is 0 Å². The van der Waals surface area contributed by atoms with E-state index in [1.165, 1.54) is 21.8 Å². The standard InChI is InChI=1S/C30H18ClNO/c31-19-17-24(30-25(18-19)23-12-4-8-16-29(23)33-30)22-11-3-7-15-28(22)32-26-13-5-1-9-20(26)21-10-2-6-14-27(21)32/h1-18H. The first-order valence-corrected chi connectivity index (χ1v) is 11.4. The molecule has 2 heterocycles. The number of hydrogen-bond acceptors (Lipinski definition) is 1. The maximum atomic E-state index is 6.65. The lowest BCUT2D eigenvalue weighted by molar-refractivity contribution is 0.670. The average Bonchev–Trinajstić information content (AvgIpc) is 3.40. The van der Waals surface area contributed by atoms with Crippen molar-refractivity contribution in [2.75, 3.05) is 0 Å². The monoisotopic (exact) mass is 443 g/mol. The minimum absolute atomic E-state index is 0.695. The van der Waals surface area contributed by atoms with Crippen LogP contribution in [-0.2, 0) is 0 Å². The number of furan rings is 1. The third-order valence-electron chi connectivity index (χ3n) is 6.46. The molecule has 156 valence electrons. The van der Waals surface area contributed by atoms with Crippen LogP contribution < -0.4 is 0 Å². The molecule has 2 nitrogen and oxygen atoms in total. The molecule has 33 heavy (non-hydrogen) atoms. The van der Waals surface area contributed by atoms with Crippen LogP contribution in [0.25, 0.3) is 60.6 Å². The smallest absolute Gasteiger partial charge is 0.143 e. The Morgan fingerprint density at radius 2 is 1.15 bits per heavy atom. The van der Waals surface area contributed by atoms with Crippen molar-refractivity contribution in [3.8, 4) is 16.8 Å². The molecule has 5 aromatic carbocycles. The van der Waals surface area contributed by atoms with Crippen LogP contribution >= 0.6 is 11.6 Å². The van der Waals surface area contributed by atoms with Gasteiger partial charge in [-0.25, -0.2) is 0 Å². The van der Waals surface area contributed by atoms with E-state index in [-0.39, 0.29) is 0 Å². The summed E-state index contributed by atoms with van der Waals surface area (Å²) < 4.78 is 8.72. The quantitative estimate of drug-likeness (QED) is 0.260. The summed E-state index contributed by atoms with van der Waals surface area (Å²) in [5.41, 5.74) is 7.24. The first-order chi connectivity index (χ1) is 16.3. The van der Waals surface area contributed by atoms with Crippen molar-refractivity contribution in [3.63, 3.8) is 0 Å². The van der Waals surface area contributed by atoms with E-state index >= 15 is 0 Å². The average molecular weight is 444 g/mol. The van der Waals surface area contributed by atoms with Gasteiger partial charge in [-0.3, -0.25) is 0 Å². The van der Waals surface area contributed by atoms with Gasteiger partial charge in [0.25, 0.3) is 0 Å². The van der Waals surface area contributed by atoms with Crippen LogP contribution in [0.5, 0.6) is 0 Å². The van der Waals surface area contributed by atoms with Gasteiger partial charge >= 0.3 is 0 Å². The number of aromatic nitrogens is 1. The Hall–Kier alpha value is -4.01. The maximum Gasteiger partial charge on any atom is 0.143 e. The number of fused-ring (bicyclic) bond motifs is 6. The highest BCUT2D eigenvalue weighted by molar-refractivity contribution is 6.32. The van der Waals surface area contributed by atoms with E-state index in [2.05, 4.69) is 83.4 Å². The summed E-state index contributed by atoms with van der Waals surface area (Å²) in [6.45, 7) is 0. The van der Waals surface area contributed by atoms with Crippen LogP contribution in [0.3, 0.4) is 0 Å². The fourth-order valence-corrected chi connectivity index (χ4v) is 5.29. The molecule has 0 N–H and O–H groups in total. The molecule has 0 aliphatic carbocycles. The fourth-order valence-electron chi connectivity index (χ4n) is 5.07. The highest BCUT2D eigenvalue weighted by Gasteiger charge is 2.19. The highest BCUT2D eigenvalue weighted by atomic mass is 35.5. The molecule has 0 unspecified atom stereocenters. The number of para-hydroxylation sites is 4. The molecule has 7 rings (SSSR count). The molecule has 0 aliphatic rings. The summed E-state index contributed by atoms with van der Waals surface area (Å²) in [6, 6.07) is 37.7. The zero-order valence-electron chi connectivity index (χ0n) is 17.6. The molecule has 3 heteroatoms. The SMILES string of the molecule is Clc1cc(-c2ccccc2-n2c3ccccc3c3ccccc32)c2oc3ccccc3c2c1. The predicted octanol–water partition coefficient (Wildman–Crippen LogP) is 9.00. The zero-order chi connectivity index (χ0) is 21.9. The first-order valence-electron chi connectivity index (χ1n) is 11.0. The van der Waals surface area contributed by atoms with Crippen LogP contribution in [0.4, 0.5) is 0 Å². The summed E-state index contributed by atoms with van der Waals surface area (Å²) in [4.78, 5) is 0. The Kier molecular flexibility index (Phi) is 3.93. The van der Waals surface area contributed by atoms with E-state index in [9.17, 15) is 0 Å². The lowest BCUT2D eigenvalue weighted by Crippen LogP contribution is -1.97. The third-order valence-corrected chi connectivity index (χ3v) is 6.68. The van der Waals surface area contributed by atoms with Crippen LogP contribution in [0, 0.1) is 0 Å². The number of rotatable bonds is 2. The summed E-state index contributed by atoms with van der Waals surface area (Å²) >= 11 is 6.65. The molecule has 0 amide bonds. The Morgan fingerprint density at radius 3 is 1.91 bits per heavy atom. The van der Waals surface area contributed by atoms with Crippen LogP contribution in [0.2, 0.25) is 5.02 Å². The second-order valence-electron chi connectivity index (χ2n) is 8.32. The van der Waals surface area contributed by atoms with Crippen molar-refractivity contribution in [3.05, 3.63) is 114 Å². The molecule has 0 spiro atoms. The van der Waals surface area contributed by atoms with E-state index < -0.39 is 0 Å². The molecular weight excluding hydrogens is 426 g/mol. The van der Waals surface area contributed by atoms with Gasteiger partial charge in [-0.1, -0.05) is 84.4 Å². The number of nitrogens with zero attached hydrogens (tertiary/aromatic N) is 1. The van der Waals surface area contributed by atoms with Gasteiger partial charge in [-0.05, 0) is 36.4 Å². The second kappa shape index (κ2) is 6.99. The van der Waals surface area contributed by atoms with Crippen molar-refractivity contribution in [1.29, 1.82) is 0 Å². The highest BCUT2D eigenvalue weighted by Crippen LogP contribution is 2.41. The predicted molar refractivity (Wildman–Crippen MR) is 139 cm³/mol. The first kappa shape index (κ1) is 18.6. The van der Waals surface area contributed by atoms with E-state index in [4.69, 9.17) is 16.0 Å². The largest absolute Gasteiger partial charge is 0.455 e. The lowest BCUT2D eigenvalue weighted by Gasteiger charge is -2.14. The van der Waals surface area contributed by atoms with Gasteiger partial charge in [-0.2, -0.15) is 0 Å². The Morgan fingerprint density at radius 1 is 0.545 bits per heavy atom. The summed E-state index contributed by atoms with van der Waals surface area (Å²) in [5, 5.41) is 5.28. The molecular formula is C30H18ClNO. The second-order valence-corrected chi connectivity index (χ2v) is 8.75. The van der Waals surface area contributed by atoms with Gasteiger partial charge in [0, 0.05) is 37.7 Å². The molecule has 0 atom stereocenters. The van der Waals surface area contributed by atoms with Crippen molar-refractivity contribution in [2.24, 2.45) is 0 Å².